The first-order valence-electron chi connectivity index (χ1n) is 5.49. The van der Waals surface area contributed by atoms with Crippen molar-refractivity contribution in [1.29, 1.82) is 0 Å². The zero-order chi connectivity index (χ0) is 10.1. The molecular formula is C11H19N3. The Bertz CT molecular complexity index is 308. The molecule has 1 unspecified atom stereocenters. The normalized spacial score (nSPS) is 20.2. The maximum absolute atomic E-state index is 5.82. The number of rotatable bonds is 2. The van der Waals surface area contributed by atoms with Crippen LogP contribution in [0.2, 0.25) is 0 Å². The summed E-state index contributed by atoms with van der Waals surface area (Å²) in [7, 11) is 0. The van der Waals surface area contributed by atoms with Gasteiger partial charge in [-0.1, -0.05) is 12.8 Å². The number of hydrogen-bond acceptors (Lipinski definition) is 2. The molecule has 1 atom stereocenters. The van der Waals surface area contributed by atoms with Crippen LogP contribution in [0.4, 0.5) is 0 Å². The van der Waals surface area contributed by atoms with Gasteiger partial charge in [-0.3, -0.25) is 0 Å². The summed E-state index contributed by atoms with van der Waals surface area (Å²) in [6.07, 6.45) is 7.45. The molecule has 0 saturated heterocycles. The quantitative estimate of drug-likeness (QED) is 0.783. The molecule has 1 aromatic rings. The van der Waals surface area contributed by atoms with Gasteiger partial charge < -0.3 is 10.3 Å². The average Bonchev–Trinajstić information content (AvgIpc) is 2.71. The topological polar surface area (TPSA) is 43.8 Å². The highest BCUT2D eigenvalue weighted by atomic mass is 15.1. The van der Waals surface area contributed by atoms with Gasteiger partial charge in [0.05, 0.1) is 5.69 Å². The molecule has 14 heavy (non-hydrogen) atoms. The standard InChI is InChI=1S/C11H19N3/c1-8(12)11-7-14(9(2)13-11)10-5-3-4-6-10/h7-8,10H,3-6,12H2,1-2H3. The van der Waals surface area contributed by atoms with Crippen LogP contribution in [0.1, 0.15) is 56.2 Å². The molecular weight excluding hydrogens is 174 g/mol. The first-order chi connectivity index (χ1) is 6.68. The fourth-order valence-electron chi connectivity index (χ4n) is 2.28. The van der Waals surface area contributed by atoms with Crippen molar-refractivity contribution in [3.8, 4) is 0 Å². The largest absolute Gasteiger partial charge is 0.332 e. The second kappa shape index (κ2) is 3.73. The Kier molecular flexibility index (Phi) is 2.59. The summed E-state index contributed by atoms with van der Waals surface area (Å²) in [5, 5.41) is 0. The van der Waals surface area contributed by atoms with E-state index in [1.807, 2.05) is 6.92 Å². The first kappa shape index (κ1) is 9.71. The van der Waals surface area contributed by atoms with Gasteiger partial charge in [0.2, 0.25) is 0 Å². The predicted molar refractivity (Wildman–Crippen MR) is 57.1 cm³/mol. The predicted octanol–water partition coefficient (Wildman–Crippen LogP) is 2.33. The van der Waals surface area contributed by atoms with Gasteiger partial charge in [0.1, 0.15) is 5.82 Å². The lowest BCUT2D eigenvalue weighted by atomic mass is 10.2. The van der Waals surface area contributed by atoms with Crippen LogP contribution in [0.25, 0.3) is 0 Å². The van der Waals surface area contributed by atoms with E-state index in [4.69, 9.17) is 5.73 Å². The Labute approximate surface area is 85.3 Å². The van der Waals surface area contributed by atoms with Gasteiger partial charge in [0, 0.05) is 18.3 Å². The molecule has 1 fully saturated rings. The van der Waals surface area contributed by atoms with E-state index in [-0.39, 0.29) is 6.04 Å². The molecule has 1 aliphatic carbocycles. The summed E-state index contributed by atoms with van der Waals surface area (Å²) in [6.45, 7) is 4.06. The summed E-state index contributed by atoms with van der Waals surface area (Å²) in [5.41, 5.74) is 6.84. The van der Waals surface area contributed by atoms with E-state index >= 15 is 0 Å². The number of aryl methyl sites for hydroxylation is 1. The zero-order valence-corrected chi connectivity index (χ0v) is 9.03. The zero-order valence-electron chi connectivity index (χ0n) is 9.03. The minimum Gasteiger partial charge on any atom is -0.332 e. The fraction of sp³-hybridized carbons (Fsp3) is 0.727. The minimum absolute atomic E-state index is 0.0522. The van der Waals surface area contributed by atoms with Gasteiger partial charge in [-0.15, -0.1) is 0 Å². The van der Waals surface area contributed by atoms with Crippen LogP contribution in [-0.2, 0) is 0 Å². The van der Waals surface area contributed by atoms with Crippen LogP contribution in [0.5, 0.6) is 0 Å². The van der Waals surface area contributed by atoms with E-state index in [9.17, 15) is 0 Å². The SMILES string of the molecule is Cc1nc(C(C)N)cn1C1CCCC1. The number of hydrogen-bond donors (Lipinski definition) is 1. The molecule has 0 bridgehead atoms. The van der Waals surface area contributed by atoms with Crippen molar-refractivity contribution in [3.63, 3.8) is 0 Å². The molecule has 1 heterocycles. The fourth-order valence-corrected chi connectivity index (χ4v) is 2.28. The van der Waals surface area contributed by atoms with Gasteiger partial charge in [-0.2, -0.15) is 0 Å². The molecule has 0 aromatic carbocycles. The summed E-state index contributed by atoms with van der Waals surface area (Å²) in [6, 6.07) is 0.728. The van der Waals surface area contributed by atoms with Crippen molar-refractivity contribution < 1.29 is 0 Å². The number of aromatic nitrogens is 2. The summed E-state index contributed by atoms with van der Waals surface area (Å²) >= 11 is 0. The molecule has 3 heteroatoms. The Morgan fingerprint density at radius 3 is 2.64 bits per heavy atom. The third-order valence-corrected chi connectivity index (χ3v) is 3.12. The Morgan fingerprint density at radius 2 is 2.14 bits per heavy atom. The van der Waals surface area contributed by atoms with Gasteiger partial charge in [-0.25, -0.2) is 4.98 Å². The smallest absolute Gasteiger partial charge is 0.106 e. The van der Waals surface area contributed by atoms with Gasteiger partial charge >= 0.3 is 0 Å². The first-order valence-corrected chi connectivity index (χ1v) is 5.49. The van der Waals surface area contributed by atoms with Crippen LogP contribution in [0, 0.1) is 6.92 Å². The van der Waals surface area contributed by atoms with Gasteiger partial charge in [0.25, 0.3) is 0 Å². The molecule has 1 aromatic heterocycles. The summed E-state index contributed by atoms with van der Waals surface area (Å²) < 4.78 is 2.31. The van der Waals surface area contributed by atoms with Crippen LogP contribution >= 0.6 is 0 Å². The average molecular weight is 193 g/mol. The van der Waals surface area contributed by atoms with E-state index in [0.29, 0.717) is 6.04 Å². The minimum atomic E-state index is 0.0522. The van der Waals surface area contributed by atoms with Crippen molar-refractivity contribution in [3.05, 3.63) is 17.7 Å². The van der Waals surface area contributed by atoms with Crippen LogP contribution in [0.15, 0.2) is 6.20 Å². The van der Waals surface area contributed by atoms with Gasteiger partial charge in [-0.05, 0) is 26.7 Å². The molecule has 2 N–H and O–H groups in total. The molecule has 0 aliphatic heterocycles. The Balaban J connectivity index is 2.24. The molecule has 0 radical (unpaired) electrons. The molecule has 1 aliphatic rings. The molecule has 0 spiro atoms. The Hall–Kier alpha value is -0.830. The highest BCUT2D eigenvalue weighted by molar-refractivity contribution is 5.08. The number of nitrogens with two attached hydrogens (primary N) is 1. The second-order valence-electron chi connectivity index (χ2n) is 4.35. The lowest BCUT2D eigenvalue weighted by Gasteiger charge is -2.12. The van der Waals surface area contributed by atoms with E-state index < -0.39 is 0 Å². The number of imidazole rings is 1. The van der Waals surface area contributed by atoms with Crippen molar-refractivity contribution in [2.45, 2.75) is 51.6 Å². The Morgan fingerprint density at radius 1 is 1.50 bits per heavy atom. The summed E-state index contributed by atoms with van der Waals surface area (Å²) in [4.78, 5) is 4.49. The molecule has 0 amide bonds. The summed E-state index contributed by atoms with van der Waals surface area (Å²) in [5.74, 6) is 1.12. The molecule has 3 nitrogen and oxygen atoms in total. The van der Waals surface area contributed by atoms with Crippen LogP contribution in [-0.4, -0.2) is 9.55 Å². The lowest BCUT2D eigenvalue weighted by molar-refractivity contribution is 0.506. The van der Waals surface area contributed by atoms with Crippen LogP contribution in [0.3, 0.4) is 0 Å². The maximum Gasteiger partial charge on any atom is 0.106 e. The van der Waals surface area contributed by atoms with Crippen molar-refractivity contribution in [2.24, 2.45) is 5.73 Å². The number of nitrogens with zero attached hydrogens (tertiary/aromatic N) is 2. The van der Waals surface area contributed by atoms with E-state index in [0.717, 1.165) is 11.5 Å². The second-order valence-corrected chi connectivity index (χ2v) is 4.35. The third-order valence-electron chi connectivity index (χ3n) is 3.12. The van der Waals surface area contributed by atoms with Crippen molar-refractivity contribution in [2.75, 3.05) is 0 Å². The molecule has 78 valence electrons. The molecule has 1 saturated carbocycles. The van der Waals surface area contributed by atoms with Crippen molar-refractivity contribution in [1.82, 2.24) is 9.55 Å². The van der Waals surface area contributed by atoms with E-state index in [2.05, 4.69) is 22.7 Å². The maximum atomic E-state index is 5.82. The van der Waals surface area contributed by atoms with E-state index in [1.54, 1.807) is 0 Å². The lowest BCUT2D eigenvalue weighted by Crippen LogP contribution is -2.06. The van der Waals surface area contributed by atoms with Crippen LogP contribution < -0.4 is 5.73 Å². The third kappa shape index (κ3) is 1.69. The molecule has 2 rings (SSSR count). The highest BCUT2D eigenvalue weighted by Crippen LogP contribution is 2.30. The van der Waals surface area contributed by atoms with E-state index in [1.165, 1.54) is 25.7 Å². The van der Waals surface area contributed by atoms with Crippen molar-refractivity contribution >= 4 is 0 Å². The van der Waals surface area contributed by atoms with Gasteiger partial charge in [0.15, 0.2) is 0 Å². The monoisotopic (exact) mass is 193 g/mol. The highest BCUT2D eigenvalue weighted by Gasteiger charge is 2.19.